The van der Waals surface area contributed by atoms with E-state index in [9.17, 15) is 0 Å². The number of hydrogen-bond acceptors (Lipinski definition) is 2. The second kappa shape index (κ2) is 7.66. The first-order valence-corrected chi connectivity index (χ1v) is 7.83. The van der Waals surface area contributed by atoms with Crippen molar-refractivity contribution in [1.82, 2.24) is 10.2 Å². The van der Waals surface area contributed by atoms with Crippen LogP contribution in [0.25, 0.3) is 0 Å². The minimum atomic E-state index is 0.979. The topological polar surface area (TPSA) is 15.3 Å². The molecular weight excluding hydrogens is 232 g/mol. The highest BCUT2D eigenvalue weighted by Gasteiger charge is 2.24. The van der Waals surface area contributed by atoms with Gasteiger partial charge >= 0.3 is 0 Å². The van der Waals surface area contributed by atoms with Crippen LogP contribution in [0.2, 0.25) is 0 Å². The summed E-state index contributed by atoms with van der Waals surface area (Å²) in [5.74, 6) is 0.979. The molecule has 1 aliphatic carbocycles. The van der Waals surface area contributed by atoms with Crippen LogP contribution in [-0.4, -0.2) is 24.5 Å². The van der Waals surface area contributed by atoms with Crippen LogP contribution in [-0.2, 0) is 13.1 Å². The van der Waals surface area contributed by atoms with Crippen LogP contribution in [0.4, 0.5) is 0 Å². The molecule has 0 spiro atoms. The van der Waals surface area contributed by atoms with E-state index in [4.69, 9.17) is 0 Å². The van der Waals surface area contributed by atoms with Gasteiger partial charge in [-0.15, -0.1) is 0 Å². The molecule has 0 bridgehead atoms. The molecule has 0 aliphatic heterocycles. The summed E-state index contributed by atoms with van der Waals surface area (Å²) in [5, 5.41) is 3.44. The molecule has 0 saturated heterocycles. The summed E-state index contributed by atoms with van der Waals surface area (Å²) >= 11 is 0. The lowest BCUT2D eigenvalue weighted by molar-refractivity contribution is 0.254. The Morgan fingerprint density at radius 1 is 1.16 bits per heavy atom. The average molecular weight is 260 g/mol. The Labute approximate surface area is 118 Å². The third-order valence-electron chi connectivity index (χ3n) is 3.83. The monoisotopic (exact) mass is 260 g/mol. The lowest BCUT2D eigenvalue weighted by Gasteiger charge is -2.23. The van der Waals surface area contributed by atoms with Gasteiger partial charge in [0, 0.05) is 19.6 Å². The molecule has 1 N–H and O–H groups in total. The van der Waals surface area contributed by atoms with E-state index in [1.54, 1.807) is 0 Å². The number of nitrogens with zero attached hydrogens (tertiary/aromatic N) is 1. The highest BCUT2D eigenvalue weighted by atomic mass is 15.1. The first-order valence-electron chi connectivity index (χ1n) is 7.83. The van der Waals surface area contributed by atoms with E-state index in [1.165, 1.54) is 43.5 Å². The molecule has 0 aromatic heterocycles. The van der Waals surface area contributed by atoms with Gasteiger partial charge in [0.15, 0.2) is 0 Å². The van der Waals surface area contributed by atoms with Crippen LogP contribution in [0.1, 0.15) is 44.2 Å². The molecule has 1 saturated carbocycles. The van der Waals surface area contributed by atoms with E-state index < -0.39 is 0 Å². The number of hydrogen-bond donors (Lipinski definition) is 1. The van der Waals surface area contributed by atoms with Crippen molar-refractivity contribution in [2.45, 2.75) is 46.2 Å². The van der Waals surface area contributed by atoms with Crippen LogP contribution in [0.3, 0.4) is 0 Å². The Kier molecular flexibility index (Phi) is 5.87. The van der Waals surface area contributed by atoms with Crippen LogP contribution in [0.5, 0.6) is 0 Å². The molecule has 106 valence electrons. The van der Waals surface area contributed by atoms with E-state index in [2.05, 4.69) is 48.3 Å². The highest BCUT2D eigenvalue weighted by Crippen LogP contribution is 2.30. The van der Waals surface area contributed by atoms with Gasteiger partial charge in [-0.05, 0) is 49.4 Å². The van der Waals surface area contributed by atoms with Crippen molar-refractivity contribution in [3.05, 3.63) is 35.4 Å². The van der Waals surface area contributed by atoms with Crippen molar-refractivity contribution in [3.63, 3.8) is 0 Å². The van der Waals surface area contributed by atoms with Crippen molar-refractivity contribution >= 4 is 0 Å². The molecule has 0 radical (unpaired) electrons. The van der Waals surface area contributed by atoms with E-state index in [0.29, 0.717) is 0 Å². The summed E-state index contributed by atoms with van der Waals surface area (Å²) in [5.41, 5.74) is 2.96. The van der Waals surface area contributed by atoms with Crippen molar-refractivity contribution in [1.29, 1.82) is 0 Å². The maximum atomic E-state index is 3.44. The molecule has 0 heterocycles. The van der Waals surface area contributed by atoms with E-state index >= 15 is 0 Å². The smallest absolute Gasteiger partial charge is 0.0237 e. The van der Waals surface area contributed by atoms with Gasteiger partial charge in [0.1, 0.15) is 0 Å². The fourth-order valence-corrected chi connectivity index (χ4v) is 2.60. The maximum absolute atomic E-state index is 3.44. The maximum Gasteiger partial charge on any atom is 0.0237 e. The van der Waals surface area contributed by atoms with Crippen molar-refractivity contribution < 1.29 is 0 Å². The summed E-state index contributed by atoms with van der Waals surface area (Å²) in [6.45, 7) is 10.1. The van der Waals surface area contributed by atoms with Crippen LogP contribution in [0, 0.1) is 5.92 Å². The van der Waals surface area contributed by atoms with Gasteiger partial charge in [-0.1, -0.05) is 38.1 Å². The van der Waals surface area contributed by atoms with Gasteiger partial charge in [0.2, 0.25) is 0 Å². The van der Waals surface area contributed by atoms with Gasteiger partial charge in [-0.2, -0.15) is 0 Å². The van der Waals surface area contributed by atoms with E-state index in [0.717, 1.165) is 25.6 Å². The van der Waals surface area contributed by atoms with Crippen molar-refractivity contribution in [2.75, 3.05) is 19.6 Å². The Morgan fingerprint density at radius 3 is 2.53 bits per heavy atom. The quantitative estimate of drug-likeness (QED) is 0.732. The third-order valence-corrected chi connectivity index (χ3v) is 3.83. The standard InChI is InChI=1S/C17H28N2/c1-3-11-19(13-15-9-10-15)14-17-8-6-5-7-16(17)12-18-4-2/h5-8,15,18H,3-4,9-14H2,1-2H3. The van der Waals surface area contributed by atoms with Crippen molar-refractivity contribution in [2.24, 2.45) is 5.92 Å². The Morgan fingerprint density at radius 2 is 1.89 bits per heavy atom. The molecule has 1 aliphatic rings. The summed E-state index contributed by atoms with van der Waals surface area (Å²) in [6.07, 6.45) is 4.14. The van der Waals surface area contributed by atoms with Gasteiger partial charge in [-0.3, -0.25) is 4.90 Å². The lowest BCUT2D eigenvalue weighted by Crippen LogP contribution is -2.27. The predicted molar refractivity (Wildman–Crippen MR) is 82.1 cm³/mol. The van der Waals surface area contributed by atoms with Crippen LogP contribution in [0.15, 0.2) is 24.3 Å². The molecule has 1 fully saturated rings. The summed E-state index contributed by atoms with van der Waals surface area (Å²) in [7, 11) is 0. The first-order chi connectivity index (χ1) is 9.33. The Hall–Kier alpha value is -0.860. The normalized spacial score (nSPS) is 15.1. The minimum Gasteiger partial charge on any atom is -0.313 e. The SMILES string of the molecule is CCCN(Cc1ccccc1CNCC)CC1CC1. The lowest BCUT2D eigenvalue weighted by atomic mass is 10.1. The largest absolute Gasteiger partial charge is 0.313 e. The van der Waals surface area contributed by atoms with Gasteiger partial charge in [-0.25, -0.2) is 0 Å². The van der Waals surface area contributed by atoms with Gasteiger partial charge < -0.3 is 5.32 Å². The van der Waals surface area contributed by atoms with E-state index in [-0.39, 0.29) is 0 Å². The van der Waals surface area contributed by atoms with Crippen molar-refractivity contribution in [3.8, 4) is 0 Å². The fraction of sp³-hybridized carbons (Fsp3) is 0.647. The fourth-order valence-electron chi connectivity index (χ4n) is 2.60. The zero-order valence-corrected chi connectivity index (χ0v) is 12.5. The number of benzene rings is 1. The zero-order valence-electron chi connectivity index (χ0n) is 12.5. The Bertz CT molecular complexity index is 371. The van der Waals surface area contributed by atoms with Crippen LogP contribution >= 0.6 is 0 Å². The number of nitrogens with one attached hydrogen (secondary N) is 1. The molecule has 2 rings (SSSR count). The highest BCUT2D eigenvalue weighted by molar-refractivity contribution is 5.27. The van der Waals surface area contributed by atoms with Gasteiger partial charge in [0.25, 0.3) is 0 Å². The third kappa shape index (κ3) is 4.96. The zero-order chi connectivity index (χ0) is 13.5. The molecule has 2 heteroatoms. The molecule has 1 aromatic carbocycles. The molecule has 19 heavy (non-hydrogen) atoms. The average Bonchev–Trinajstić information content (AvgIpc) is 3.22. The van der Waals surface area contributed by atoms with E-state index in [1.807, 2.05) is 0 Å². The molecule has 0 amide bonds. The Balaban J connectivity index is 1.97. The van der Waals surface area contributed by atoms with Gasteiger partial charge in [0.05, 0.1) is 0 Å². The second-order valence-electron chi connectivity index (χ2n) is 5.73. The molecule has 1 aromatic rings. The molecular formula is C17H28N2. The second-order valence-corrected chi connectivity index (χ2v) is 5.73. The summed E-state index contributed by atoms with van der Waals surface area (Å²) in [4.78, 5) is 2.64. The number of rotatable bonds is 9. The minimum absolute atomic E-state index is 0.979. The molecule has 2 nitrogen and oxygen atoms in total. The summed E-state index contributed by atoms with van der Waals surface area (Å²) < 4.78 is 0. The van der Waals surface area contributed by atoms with Crippen LogP contribution < -0.4 is 5.32 Å². The predicted octanol–water partition coefficient (Wildman–Crippen LogP) is 3.42. The summed E-state index contributed by atoms with van der Waals surface area (Å²) in [6, 6.07) is 8.88. The molecule has 0 unspecified atom stereocenters. The molecule has 0 atom stereocenters. The first kappa shape index (κ1) is 14.5.